The molecule has 1 fully saturated rings. The maximum atomic E-state index is 13.1. The number of nitrogens with one attached hydrogen (secondary N) is 1. The Morgan fingerprint density at radius 2 is 1.64 bits per heavy atom. The number of hydrogen-bond acceptors (Lipinski definition) is 8. The fourth-order valence-corrected chi connectivity index (χ4v) is 5.80. The van der Waals surface area contributed by atoms with Gasteiger partial charge in [0.15, 0.2) is 29.0 Å². The number of carbonyl (C=O) groups is 1. The van der Waals surface area contributed by atoms with E-state index in [1.807, 2.05) is 47.4 Å². The number of piperazine rings is 1. The first-order chi connectivity index (χ1) is 20.7. The molecule has 5 heterocycles. The lowest BCUT2D eigenvalue weighted by Crippen LogP contribution is -2.48. The predicted octanol–water partition coefficient (Wildman–Crippen LogP) is 4.74. The van der Waals surface area contributed by atoms with Gasteiger partial charge in [-0.1, -0.05) is 36.4 Å². The monoisotopic (exact) mass is 557 g/mol. The number of anilines is 2. The van der Waals surface area contributed by atoms with E-state index < -0.39 is 0 Å². The molecule has 0 atom stereocenters. The van der Waals surface area contributed by atoms with Gasteiger partial charge in [0, 0.05) is 55.6 Å². The molecule has 0 bridgehead atoms. The predicted molar refractivity (Wildman–Crippen MR) is 157 cm³/mol. The molecule has 1 N–H and O–H groups in total. The van der Waals surface area contributed by atoms with E-state index in [9.17, 15) is 4.79 Å². The van der Waals surface area contributed by atoms with Crippen LogP contribution in [0.4, 0.5) is 11.5 Å². The number of amides is 1. The summed E-state index contributed by atoms with van der Waals surface area (Å²) < 4.78 is 12.9. The highest BCUT2D eigenvalue weighted by atomic mass is 16.7. The summed E-state index contributed by atoms with van der Waals surface area (Å²) in [5.74, 6) is 3.65. The largest absolute Gasteiger partial charge is 0.454 e. The van der Waals surface area contributed by atoms with E-state index in [2.05, 4.69) is 54.2 Å². The number of hydrogen-bond donors (Lipinski definition) is 1. The van der Waals surface area contributed by atoms with Crippen molar-refractivity contribution in [1.29, 1.82) is 0 Å². The number of rotatable bonds is 4. The van der Waals surface area contributed by atoms with Crippen molar-refractivity contribution in [2.24, 2.45) is 0 Å². The Hall–Kier alpha value is -5.22. The summed E-state index contributed by atoms with van der Waals surface area (Å²) >= 11 is 0. The normalized spacial score (nSPS) is 15.3. The average Bonchev–Trinajstić information content (AvgIpc) is 3.66. The molecule has 8 rings (SSSR count). The summed E-state index contributed by atoms with van der Waals surface area (Å²) in [5.41, 5.74) is 5.64. The van der Waals surface area contributed by atoms with Crippen LogP contribution in [0.3, 0.4) is 0 Å². The lowest BCUT2D eigenvalue weighted by molar-refractivity contribution is 0.0628. The molecule has 0 spiro atoms. The van der Waals surface area contributed by atoms with Crippen molar-refractivity contribution in [1.82, 2.24) is 29.5 Å². The Balaban J connectivity index is 0.979. The standard InChI is InChI=1S/C32H27N7O3/c40-32(23-11-12-27-28(18-23)42-20-41-27)38-16-14-37(15-17-38)19-21-7-9-22(10-8-21)30-35-36-31-24-4-1-2-5-25(24)34-29-26(39(30)31)6-3-13-33-29/h1-13,18H,14-17,19-20H2,(H,33,34). The summed E-state index contributed by atoms with van der Waals surface area (Å²) in [4.78, 5) is 22.0. The summed E-state index contributed by atoms with van der Waals surface area (Å²) in [5, 5.41) is 12.7. The van der Waals surface area contributed by atoms with Crippen LogP contribution in [0.2, 0.25) is 0 Å². The van der Waals surface area contributed by atoms with Crippen LogP contribution in [0.15, 0.2) is 85.1 Å². The van der Waals surface area contributed by atoms with E-state index in [4.69, 9.17) is 9.47 Å². The van der Waals surface area contributed by atoms with Gasteiger partial charge >= 0.3 is 0 Å². The van der Waals surface area contributed by atoms with Crippen molar-refractivity contribution in [3.8, 4) is 40.0 Å². The van der Waals surface area contributed by atoms with Crippen LogP contribution in [0.5, 0.6) is 11.5 Å². The van der Waals surface area contributed by atoms with Gasteiger partial charge in [0.05, 0.1) is 11.4 Å². The topological polar surface area (TPSA) is 97.6 Å². The van der Waals surface area contributed by atoms with Gasteiger partial charge in [-0.15, -0.1) is 10.2 Å². The van der Waals surface area contributed by atoms with Crippen LogP contribution in [-0.2, 0) is 6.54 Å². The molecule has 1 saturated heterocycles. The maximum Gasteiger partial charge on any atom is 0.254 e. The number of aromatic nitrogens is 4. The van der Waals surface area contributed by atoms with Crippen molar-refractivity contribution in [3.05, 3.63) is 96.2 Å². The zero-order chi connectivity index (χ0) is 28.0. The molecule has 3 aliphatic rings. The molecule has 3 aliphatic heterocycles. The maximum absolute atomic E-state index is 13.1. The summed E-state index contributed by atoms with van der Waals surface area (Å²) in [6.45, 7) is 4.00. The highest BCUT2D eigenvalue weighted by Gasteiger charge is 2.26. The van der Waals surface area contributed by atoms with Gasteiger partial charge in [0.1, 0.15) is 0 Å². The number of fused-ring (bicyclic) bond motifs is 6. The number of pyridine rings is 1. The molecule has 0 saturated carbocycles. The smallest absolute Gasteiger partial charge is 0.254 e. The van der Waals surface area contributed by atoms with Gasteiger partial charge in [-0.25, -0.2) is 4.98 Å². The number of carbonyl (C=O) groups excluding carboxylic acids is 1. The second-order valence-corrected chi connectivity index (χ2v) is 10.6. The number of nitrogens with zero attached hydrogens (tertiary/aromatic N) is 6. The Morgan fingerprint density at radius 1 is 0.833 bits per heavy atom. The summed E-state index contributed by atoms with van der Waals surface area (Å²) in [6.07, 6.45) is 1.78. The molecule has 0 unspecified atom stereocenters. The molecule has 3 aromatic carbocycles. The highest BCUT2D eigenvalue weighted by molar-refractivity contribution is 5.95. The first kappa shape index (κ1) is 24.6. The minimum atomic E-state index is 0.0272. The molecular formula is C32H27N7O3. The van der Waals surface area contributed by atoms with E-state index in [0.29, 0.717) is 30.2 Å². The van der Waals surface area contributed by atoms with Crippen molar-refractivity contribution in [2.75, 3.05) is 38.3 Å². The van der Waals surface area contributed by atoms with E-state index in [-0.39, 0.29) is 12.7 Å². The lowest BCUT2D eigenvalue weighted by Gasteiger charge is -2.34. The van der Waals surface area contributed by atoms with Gasteiger partial charge in [0.25, 0.3) is 5.91 Å². The molecule has 2 aromatic heterocycles. The average molecular weight is 558 g/mol. The SMILES string of the molecule is O=C(c1ccc2c(c1)OCO2)N1CCN(Cc2ccc(-c3nnc4n3-c3cccnc3Nc3ccccc3-4)cc2)CC1. The first-order valence-corrected chi connectivity index (χ1v) is 14.0. The Bertz CT molecular complexity index is 1810. The second-order valence-electron chi connectivity index (χ2n) is 10.6. The third-order valence-corrected chi connectivity index (χ3v) is 8.01. The van der Waals surface area contributed by atoms with Crippen LogP contribution in [0, 0.1) is 0 Å². The molecular weight excluding hydrogens is 530 g/mol. The molecule has 10 nitrogen and oxygen atoms in total. The third kappa shape index (κ3) is 4.24. The molecule has 208 valence electrons. The van der Waals surface area contributed by atoms with Crippen molar-refractivity contribution in [2.45, 2.75) is 6.54 Å². The van der Waals surface area contributed by atoms with Crippen molar-refractivity contribution in [3.63, 3.8) is 0 Å². The van der Waals surface area contributed by atoms with Crippen LogP contribution >= 0.6 is 0 Å². The Morgan fingerprint density at radius 3 is 2.52 bits per heavy atom. The van der Waals surface area contributed by atoms with Crippen LogP contribution in [0.1, 0.15) is 15.9 Å². The zero-order valence-corrected chi connectivity index (χ0v) is 22.7. The van der Waals surface area contributed by atoms with Gasteiger partial charge in [-0.3, -0.25) is 14.3 Å². The van der Waals surface area contributed by atoms with E-state index in [0.717, 1.165) is 59.6 Å². The fourth-order valence-electron chi connectivity index (χ4n) is 5.80. The lowest BCUT2D eigenvalue weighted by atomic mass is 10.1. The van der Waals surface area contributed by atoms with Gasteiger partial charge in [-0.05, 0) is 48.0 Å². The second kappa shape index (κ2) is 10.0. The first-order valence-electron chi connectivity index (χ1n) is 14.0. The van der Waals surface area contributed by atoms with Crippen LogP contribution in [0.25, 0.3) is 28.5 Å². The number of para-hydroxylation sites is 1. The number of ether oxygens (including phenoxy) is 2. The molecule has 42 heavy (non-hydrogen) atoms. The van der Waals surface area contributed by atoms with Gasteiger partial charge in [-0.2, -0.15) is 0 Å². The van der Waals surface area contributed by atoms with E-state index in [1.165, 1.54) is 5.56 Å². The molecule has 0 radical (unpaired) electrons. The molecule has 5 aromatic rings. The summed E-state index contributed by atoms with van der Waals surface area (Å²) in [6, 6.07) is 25.9. The Labute approximate surface area is 242 Å². The Kier molecular flexibility index (Phi) is 5.85. The highest BCUT2D eigenvalue weighted by Crippen LogP contribution is 2.39. The molecule has 1 amide bonds. The minimum Gasteiger partial charge on any atom is -0.454 e. The van der Waals surface area contributed by atoms with Gasteiger partial charge < -0.3 is 19.7 Å². The van der Waals surface area contributed by atoms with E-state index >= 15 is 0 Å². The van der Waals surface area contributed by atoms with Crippen molar-refractivity contribution >= 4 is 17.4 Å². The molecule has 0 aliphatic carbocycles. The number of benzene rings is 3. The van der Waals surface area contributed by atoms with Crippen molar-refractivity contribution < 1.29 is 14.3 Å². The quantitative estimate of drug-likeness (QED) is 0.332. The van der Waals surface area contributed by atoms with Gasteiger partial charge in [0.2, 0.25) is 6.79 Å². The fraction of sp³-hybridized carbons (Fsp3) is 0.188. The van der Waals surface area contributed by atoms with E-state index in [1.54, 1.807) is 18.3 Å². The zero-order valence-electron chi connectivity index (χ0n) is 22.7. The summed E-state index contributed by atoms with van der Waals surface area (Å²) in [7, 11) is 0. The minimum absolute atomic E-state index is 0.0272. The third-order valence-electron chi connectivity index (χ3n) is 8.01. The van der Waals surface area contributed by atoms with Crippen LogP contribution < -0.4 is 14.8 Å². The molecule has 10 heteroatoms. The van der Waals surface area contributed by atoms with Crippen LogP contribution in [-0.4, -0.2) is 68.4 Å².